The molecule has 0 aliphatic carbocycles. The topological polar surface area (TPSA) is 90.5 Å². The van der Waals surface area contributed by atoms with Crippen LogP contribution in [0.3, 0.4) is 0 Å². The summed E-state index contributed by atoms with van der Waals surface area (Å²) in [7, 11) is 0. The molecule has 9 rings (SSSR count). The van der Waals surface area contributed by atoms with Crippen LogP contribution in [0.1, 0.15) is 0 Å². The summed E-state index contributed by atoms with van der Waals surface area (Å²) in [6.07, 6.45) is 0. The maximum absolute atomic E-state index is 6.08. The van der Waals surface area contributed by atoms with E-state index < -0.39 is 0 Å². The third-order valence-electron chi connectivity index (χ3n) is 8.17. The quantitative estimate of drug-likeness (QED) is 0.193. The fraction of sp³-hybridized carbons (Fsp3) is 0. The Balaban J connectivity index is 1.19. The van der Waals surface area contributed by atoms with Crippen LogP contribution in [-0.4, -0.2) is 29.9 Å². The zero-order valence-electron chi connectivity index (χ0n) is 24.9. The van der Waals surface area contributed by atoms with E-state index >= 15 is 0 Å². The first-order valence-corrected chi connectivity index (χ1v) is 15.3. The van der Waals surface area contributed by atoms with Crippen molar-refractivity contribution in [3.8, 4) is 56.9 Å². The molecule has 0 saturated heterocycles. The van der Waals surface area contributed by atoms with Crippen molar-refractivity contribution in [3.05, 3.63) is 146 Å². The monoisotopic (exact) mass is 604 g/mol. The number of hydrogen-bond acceptors (Lipinski definition) is 7. The van der Waals surface area contributed by atoms with Crippen LogP contribution in [0.25, 0.3) is 89.9 Å². The maximum atomic E-state index is 6.08. The van der Waals surface area contributed by atoms with E-state index in [1.807, 2.05) is 133 Å². The van der Waals surface area contributed by atoms with E-state index in [0.717, 1.165) is 55.2 Å². The van der Waals surface area contributed by atoms with Gasteiger partial charge in [-0.3, -0.25) is 0 Å². The molecule has 0 amide bonds. The second kappa shape index (κ2) is 11.1. The number of para-hydroxylation sites is 2. The van der Waals surface area contributed by atoms with Crippen molar-refractivity contribution in [2.75, 3.05) is 0 Å². The fourth-order valence-electron chi connectivity index (χ4n) is 5.88. The minimum Gasteiger partial charge on any atom is -0.438 e. The molecule has 5 aromatic carbocycles. The van der Waals surface area contributed by atoms with Crippen LogP contribution in [0.5, 0.6) is 0 Å². The van der Waals surface area contributed by atoms with Crippen LogP contribution < -0.4 is 0 Å². The van der Waals surface area contributed by atoms with Gasteiger partial charge >= 0.3 is 0 Å². The minimum absolute atomic E-state index is 0.518. The molecule has 0 aliphatic heterocycles. The van der Waals surface area contributed by atoms with Gasteiger partial charge < -0.3 is 4.42 Å². The summed E-state index contributed by atoms with van der Waals surface area (Å²) in [4.78, 5) is 29.6. The number of aromatic nitrogens is 6. The molecule has 0 radical (unpaired) electrons. The number of hydrogen-bond donors (Lipinski definition) is 0. The molecule has 0 N–H and O–H groups in total. The van der Waals surface area contributed by atoms with Crippen LogP contribution >= 0.6 is 0 Å². The first-order chi connectivity index (χ1) is 23.3. The molecule has 0 fully saturated rings. The number of nitrogens with zero attached hydrogens (tertiary/aromatic N) is 6. The summed E-state index contributed by atoms with van der Waals surface area (Å²) in [5.74, 6) is 2.32. The molecule has 47 heavy (non-hydrogen) atoms. The molecule has 220 valence electrons. The third-order valence-corrected chi connectivity index (χ3v) is 8.17. The van der Waals surface area contributed by atoms with Gasteiger partial charge in [0.25, 0.3) is 0 Å². The molecule has 0 atom stereocenters. The predicted molar refractivity (Wildman–Crippen MR) is 185 cm³/mol. The van der Waals surface area contributed by atoms with E-state index in [4.69, 9.17) is 34.3 Å². The van der Waals surface area contributed by atoms with Crippen molar-refractivity contribution in [3.63, 3.8) is 0 Å². The van der Waals surface area contributed by atoms with E-state index in [1.54, 1.807) is 0 Å². The first-order valence-electron chi connectivity index (χ1n) is 15.3. The third kappa shape index (κ3) is 4.87. The van der Waals surface area contributed by atoms with Gasteiger partial charge in [0.1, 0.15) is 11.3 Å². The summed E-state index contributed by atoms with van der Waals surface area (Å²) >= 11 is 0. The van der Waals surface area contributed by atoms with Crippen molar-refractivity contribution < 1.29 is 4.42 Å². The number of rotatable bonds is 5. The minimum atomic E-state index is 0.518. The highest BCUT2D eigenvalue weighted by Crippen LogP contribution is 2.33. The number of pyridine rings is 1. The van der Waals surface area contributed by atoms with Crippen molar-refractivity contribution in [2.45, 2.75) is 0 Å². The number of benzene rings is 5. The van der Waals surface area contributed by atoms with E-state index in [0.29, 0.717) is 34.7 Å². The molecule has 7 heteroatoms. The number of furan rings is 1. The highest BCUT2D eigenvalue weighted by molar-refractivity contribution is 6.04. The molecule has 9 aromatic rings. The van der Waals surface area contributed by atoms with Crippen LogP contribution in [0, 0.1) is 0 Å². The van der Waals surface area contributed by atoms with Gasteiger partial charge in [0, 0.05) is 38.4 Å². The molecule has 4 heterocycles. The van der Waals surface area contributed by atoms with E-state index in [9.17, 15) is 0 Å². The Bertz CT molecular complexity index is 2520. The van der Waals surface area contributed by atoms with Gasteiger partial charge in [0.15, 0.2) is 23.3 Å². The molecule has 0 saturated carbocycles. The molecule has 0 bridgehead atoms. The normalized spacial score (nSPS) is 11.4. The predicted octanol–water partition coefficient (Wildman–Crippen LogP) is 9.44. The summed E-state index contributed by atoms with van der Waals surface area (Å²) < 4.78 is 6.08. The van der Waals surface area contributed by atoms with Gasteiger partial charge in [0.05, 0.1) is 11.2 Å². The summed E-state index contributed by atoms with van der Waals surface area (Å²) in [6.45, 7) is 0. The second-order valence-corrected chi connectivity index (χ2v) is 11.2. The van der Waals surface area contributed by atoms with Gasteiger partial charge in [-0.1, -0.05) is 115 Å². The molecular formula is C40H24N6O. The van der Waals surface area contributed by atoms with E-state index in [2.05, 4.69) is 12.1 Å². The van der Waals surface area contributed by atoms with Crippen molar-refractivity contribution in [1.29, 1.82) is 0 Å². The lowest BCUT2D eigenvalue weighted by molar-refractivity contribution is 0.654. The zero-order chi connectivity index (χ0) is 31.2. The Morgan fingerprint density at radius 3 is 1.70 bits per heavy atom. The molecule has 7 nitrogen and oxygen atoms in total. The van der Waals surface area contributed by atoms with Gasteiger partial charge in [-0.25, -0.2) is 29.9 Å². The highest BCUT2D eigenvalue weighted by atomic mass is 16.3. The lowest BCUT2D eigenvalue weighted by atomic mass is 10.0. The average molecular weight is 605 g/mol. The molecule has 4 aromatic heterocycles. The molecular weight excluding hydrogens is 580 g/mol. The van der Waals surface area contributed by atoms with E-state index in [1.165, 1.54) is 0 Å². The van der Waals surface area contributed by atoms with E-state index in [-0.39, 0.29) is 0 Å². The molecule has 0 unspecified atom stereocenters. The lowest BCUT2D eigenvalue weighted by Crippen LogP contribution is -2.00. The van der Waals surface area contributed by atoms with Crippen molar-refractivity contribution in [1.82, 2.24) is 29.9 Å². The summed E-state index contributed by atoms with van der Waals surface area (Å²) in [5, 5.41) is 2.92. The second-order valence-electron chi connectivity index (χ2n) is 11.2. The highest BCUT2D eigenvalue weighted by Gasteiger charge is 2.17. The van der Waals surface area contributed by atoms with Crippen LogP contribution in [0.15, 0.2) is 150 Å². The summed E-state index contributed by atoms with van der Waals surface area (Å²) in [5.41, 5.74) is 7.21. The summed E-state index contributed by atoms with van der Waals surface area (Å²) in [6, 6.07) is 48.1. The molecule has 0 aliphatic rings. The van der Waals surface area contributed by atoms with Gasteiger partial charge in [-0.05, 0) is 30.3 Å². The zero-order valence-corrected chi connectivity index (χ0v) is 24.9. The Labute approximate surface area is 269 Å². The van der Waals surface area contributed by atoms with Gasteiger partial charge in [-0.15, -0.1) is 0 Å². The van der Waals surface area contributed by atoms with Crippen molar-refractivity contribution in [2.24, 2.45) is 0 Å². The Hall–Kier alpha value is -6.60. The fourth-order valence-corrected chi connectivity index (χ4v) is 5.88. The first kappa shape index (κ1) is 26.8. The Morgan fingerprint density at radius 2 is 0.957 bits per heavy atom. The largest absolute Gasteiger partial charge is 0.438 e. The van der Waals surface area contributed by atoms with Gasteiger partial charge in [-0.2, -0.15) is 0 Å². The van der Waals surface area contributed by atoms with Crippen LogP contribution in [0.4, 0.5) is 0 Å². The maximum Gasteiger partial charge on any atom is 0.227 e. The Kier molecular flexibility index (Phi) is 6.31. The lowest BCUT2D eigenvalue weighted by Gasteiger charge is -2.11. The van der Waals surface area contributed by atoms with Crippen LogP contribution in [-0.2, 0) is 0 Å². The standard InChI is InChI=1S/C40H24N6O/c1-3-12-25(13-4-1)36-44-37(26-14-5-2-6-15-26)46-38(45-36)28-17-11-16-27(24-28)35-31-19-7-9-20-32(31)41-39(43-35)33-23-22-30-29-18-8-10-21-34(29)47-40(30)42-33/h1-24H. The SMILES string of the molecule is c1ccc(-c2nc(-c3ccccc3)nc(-c3cccc(-c4nc(-c5ccc6c(n5)oc5ccccc56)nc5ccccc45)c3)n2)cc1. The average Bonchev–Trinajstić information content (AvgIpc) is 3.53. The van der Waals surface area contributed by atoms with Crippen LogP contribution in [0.2, 0.25) is 0 Å². The number of fused-ring (bicyclic) bond motifs is 4. The molecule has 0 spiro atoms. The van der Waals surface area contributed by atoms with Gasteiger partial charge in [0.2, 0.25) is 5.71 Å². The smallest absolute Gasteiger partial charge is 0.227 e. The van der Waals surface area contributed by atoms with Crippen molar-refractivity contribution >= 4 is 33.0 Å². The Morgan fingerprint density at radius 1 is 0.362 bits per heavy atom.